The third kappa shape index (κ3) is 6.53. The fourth-order valence-electron chi connectivity index (χ4n) is 7.20. The molecule has 236 valence electrons. The fourth-order valence-corrected chi connectivity index (χ4v) is 7.20. The number of benzene rings is 1. The smallest absolute Gasteiger partial charge is 0.312 e. The van der Waals surface area contributed by atoms with Crippen molar-refractivity contribution in [2.75, 3.05) is 49.2 Å². The predicted octanol–water partition coefficient (Wildman–Crippen LogP) is 4.49. The molecular formula is C34H49N3O6. The van der Waals surface area contributed by atoms with Gasteiger partial charge in [-0.05, 0) is 89.5 Å². The highest BCUT2D eigenvalue weighted by molar-refractivity contribution is 6.04. The Kier molecular flexibility index (Phi) is 11.4. The zero-order valence-electron chi connectivity index (χ0n) is 25.9. The third-order valence-electron chi connectivity index (χ3n) is 9.28. The number of carbonyl (C=O) groups is 3. The molecule has 1 N–H and O–H groups in total. The van der Waals surface area contributed by atoms with Gasteiger partial charge >= 0.3 is 5.97 Å². The first kappa shape index (κ1) is 32.7. The topological polar surface area (TPSA) is 99.6 Å². The lowest BCUT2D eigenvalue weighted by atomic mass is 9.70. The Bertz CT molecular complexity index is 1140. The van der Waals surface area contributed by atoms with Gasteiger partial charge in [0.15, 0.2) is 0 Å². The summed E-state index contributed by atoms with van der Waals surface area (Å²) >= 11 is 0. The minimum absolute atomic E-state index is 0.0744. The molecule has 0 saturated carbocycles. The quantitative estimate of drug-likeness (QED) is 0.152. The molecule has 2 bridgehead atoms. The van der Waals surface area contributed by atoms with E-state index in [9.17, 15) is 19.5 Å². The summed E-state index contributed by atoms with van der Waals surface area (Å²) in [5.74, 6) is -2.33. The molecule has 3 fully saturated rings. The Morgan fingerprint density at radius 2 is 1.79 bits per heavy atom. The van der Waals surface area contributed by atoms with Crippen molar-refractivity contribution in [3.05, 3.63) is 49.6 Å². The highest BCUT2D eigenvalue weighted by Gasteiger charge is 2.75. The van der Waals surface area contributed by atoms with Crippen LogP contribution in [0.15, 0.2) is 49.6 Å². The number of nitrogens with zero attached hydrogens (tertiary/aromatic N) is 3. The van der Waals surface area contributed by atoms with Crippen molar-refractivity contribution in [2.45, 2.75) is 83.0 Å². The number of aliphatic hydroxyl groups excluding tert-OH is 1. The number of likely N-dealkylation sites (tertiary alicyclic amines) is 1. The summed E-state index contributed by atoms with van der Waals surface area (Å²) in [5, 5.41) is 9.29. The normalized spacial score (nSPS) is 25.5. The first-order valence-corrected chi connectivity index (χ1v) is 16.0. The molecule has 0 radical (unpaired) electrons. The van der Waals surface area contributed by atoms with Gasteiger partial charge in [0.05, 0.1) is 24.5 Å². The molecule has 1 spiro atoms. The molecule has 3 aliphatic heterocycles. The minimum atomic E-state index is -1.08. The van der Waals surface area contributed by atoms with E-state index in [1.54, 1.807) is 15.9 Å². The van der Waals surface area contributed by atoms with E-state index in [4.69, 9.17) is 9.47 Å². The average molecular weight is 596 g/mol. The maximum Gasteiger partial charge on any atom is 0.312 e. The zero-order valence-corrected chi connectivity index (χ0v) is 25.9. The monoisotopic (exact) mass is 595 g/mol. The lowest BCUT2D eigenvalue weighted by Gasteiger charge is -2.37. The number of esters is 1. The second-order valence-electron chi connectivity index (χ2n) is 11.7. The van der Waals surface area contributed by atoms with Crippen LogP contribution in [0.2, 0.25) is 0 Å². The first-order chi connectivity index (χ1) is 20.9. The van der Waals surface area contributed by atoms with Crippen molar-refractivity contribution in [3.8, 4) is 0 Å². The number of allylic oxidation sites excluding steroid dienone is 1. The van der Waals surface area contributed by atoms with E-state index in [0.29, 0.717) is 32.2 Å². The highest BCUT2D eigenvalue weighted by atomic mass is 16.6. The van der Waals surface area contributed by atoms with Gasteiger partial charge in [-0.2, -0.15) is 0 Å². The van der Waals surface area contributed by atoms with E-state index in [0.717, 1.165) is 50.1 Å². The number of hydrogen-bond donors (Lipinski definition) is 1. The number of rotatable bonds is 18. The lowest BCUT2D eigenvalue weighted by molar-refractivity contribution is -0.155. The van der Waals surface area contributed by atoms with E-state index in [1.807, 2.05) is 30.3 Å². The van der Waals surface area contributed by atoms with E-state index < -0.39 is 35.6 Å². The van der Waals surface area contributed by atoms with E-state index in [1.165, 1.54) is 0 Å². The van der Waals surface area contributed by atoms with Crippen LogP contribution in [0, 0.1) is 11.8 Å². The van der Waals surface area contributed by atoms with Crippen LogP contribution in [-0.2, 0) is 23.9 Å². The van der Waals surface area contributed by atoms with Gasteiger partial charge in [-0.3, -0.25) is 14.4 Å². The molecule has 43 heavy (non-hydrogen) atoms. The van der Waals surface area contributed by atoms with Crippen molar-refractivity contribution in [1.29, 1.82) is 0 Å². The van der Waals surface area contributed by atoms with Crippen LogP contribution in [0.5, 0.6) is 0 Å². The second kappa shape index (κ2) is 15.0. The molecule has 2 unspecified atom stereocenters. The molecule has 1 aromatic rings. The van der Waals surface area contributed by atoms with Gasteiger partial charge in [0.1, 0.15) is 11.6 Å². The molecule has 3 aliphatic rings. The number of amides is 2. The Morgan fingerprint density at radius 1 is 1.07 bits per heavy atom. The van der Waals surface area contributed by atoms with Gasteiger partial charge in [-0.15, -0.1) is 13.2 Å². The molecule has 9 heteroatoms. The Hall–Kier alpha value is -3.17. The molecule has 3 saturated heterocycles. The molecular weight excluding hydrogens is 546 g/mol. The number of hydrogen-bond acceptors (Lipinski definition) is 7. The molecule has 1 aromatic carbocycles. The van der Waals surface area contributed by atoms with Crippen LogP contribution in [0.25, 0.3) is 0 Å². The summed E-state index contributed by atoms with van der Waals surface area (Å²) in [4.78, 5) is 47.7. The average Bonchev–Trinajstić information content (AvgIpc) is 3.66. The summed E-state index contributed by atoms with van der Waals surface area (Å²) in [5.41, 5.74) is 0.711. The molecule has 9 nitrogen and oxygen atoms in total. The molecule has 0 aromatic heterocycles. The van der Waals surface area contributed by atoms with Crippen molar-refractivity contribution in [1.82, 2.24) is 4.90 Å². The lowest BCUT2D eigenvalue weighted by Crippen LogP contribution is -2.56. The zero-order chi connectivity index (χ0) is 31.0. The summed E-state index contributed by atoms with van der Waals surface area (Å²) in [6, 6.07) is 7.03. The Labute approximate surface area is 256 Å². The molecule has 2 amide bonds. The van der Waals surface area contributed by atoms with Gasteiger partial charge < -0.3 is 29.3 Å². The highest BCUT2D eigenvalue weighted by Crippen LogP contribution is 2.59. The maximum absolute atomic E-state index is 14.6. The Balaban J connectivity index is 1.63. The molecule has 4 rings (SSSR count). The fraction of sp³-hybridized carbons (Fsp3) is 0.618. The van der Waals surface area contributed by atoms with Crippen LogP contribution < -0.4 is 9.80 Å². The summed E-state index contributed by atoms with van der Waals surface area (Å²) in [6.45, 7) is 14.6. The predicted molar refractivity (Wildman–Crippen MR) is 168 cm³/mol. The SMILES string of the molecule is C=CCCCCOC(=O)[C@@H]1[C@H]2C(=O)N(CCCCCO)C(C(=O)N(CC=C)c3ccc(N(CC)CC)cc3)C23CC[C@H]1O3. The second-order valence-corrected chi connectivity index (χ2v) is 11.7. The van der Waals surface area contributed by atoms with Crippen molar-refractivity contribution in [3.63, 3.8) is 0 Å². The van der Waals surface area contributed by atoms with Crippen LogP contribution in [0.4, 0.5) is 11.4 Å². The van der Waals surface area contributed by atoms with Gasteiger partial charge in [0.2, 0.25) is 5.91 Å². The van der Waals surface area contributed by atoms with Crippen LogP contribution in [0.3, 0.4) is 0 Å². The van der Waals surface area contributed by atoms with Gasteiger partial charge in [-0.1, -0.05) is 12.2 Å². The number of carbonyl (C=O) groups excluding carboxylic acids is 3. The van der Waals surface area contributed by atoms with Gasteiger partial charge in [-0.25, -0.2) is 0 Å². The van der Waals surface area contributed by atoms with Gasteiger partial charge in [0, 0.05) is 44.2 Å². The maximum atomic E-state index is 14.6. The Morgan fingerprint density at radius 3 is 2.44 bits per heavy atom. The van der Waals surface area contributed by atoms with Crippen molar-refractivity contribution < 1.29 is 29.0 Å². The number of unbranched alkanes of at least 4 members (excludes halogenated alkanes) is 4. The molecule has 3 heterocycles. The van der Waals surface area contributed by atoms with Crippen LogP contribution in [0.1, 0.15) is 65.2 Å². The standard InChI is InChI=1S/C34H49N3O6/c1-5-9-10-14-24-42-33(41)28-27-19-20-34(43-27)29(28)31(39)37(22-12-11-13-23-38)30(34)32(40)36(21-6-2)26-17-15-25(16-18-26)35(7-3)8-4/h5-6,15-18,27-30,38H,1-2,7-14,19-24H2,3-4H3/t27-,28+,29+,30?,34?/m1/s1. The first-order valence-electron chi connectivity index (χ1n) is 16.0. The van der Waals surface area contributed by atoms with E-state index >= 15 is 0 Å². The summed E-state index contributed by atoms with van der Waals surface area (Å²) in [6.07, 6.45) is 8.65. The minimum Gasteiger partial charge on any atom is -0.465 e. The summed E-state index contributed by atoms with van der Waals surface area (Å²) < 4.78 is 12.2. The number of ether oxygens (including phenoxy) is 2. The number of aliphatic hydroxyl groups is 1. The van der Waals surface area contributed by atoms with Crippen molar-refractivity contribution in [2.24, 2.45) is 11.8 Å². The molecule has 0 aliphatic carbocycles. The van der Waals surface area contributed by atoms with Gasteiger partial charge in [0.25, 0.3) is 5.91 Å². The van der Waals surface area contributed by atoms with E-state index in [-0.39, 0.29) is 31.6 Å². The number of fused-ring (bicyclic) bond motifs is 1. The largest absolute Gasteiger partial charge is 0.465 e. The van der Waals surface area contributed by atoms with Crippen LogP contribution in [-0.4, -0.2) is 84.9 Å². The summed E-state index contributed by atoms with van der Waals surface area (Å²) in [7, 11) is 0. The molecule has 5 atom stereocenters. The number of anilines is 2. The van der Waals surface area contributed by atoms with Crippen molar-refractivity contribution >= 4 is 29.2 Å². The van der Waals surface area contributed by atoms with E-state index in [2.05, 4.69) is 31.9 Å². The van der Waals surface area contributed by atoms with Crippen LogP contribution >= 0.6 is 0 Å². The third-order valence-corrected chi connectivity index (χ3v) is 9.28.